The van der Waals surface area contributed by atoms with Gasteiger partial charge in [-0.3, -0.25) is 9.58 Å². The highest BCUT2D eigenvalue weighted by molar-refractivity contribution is 5.89. The lowest BCUT2D eigenvalue weighted by Crippen LogP contribution is -2.46. The summed E-state index contributed by atoms with van der Waals surface area (Å²) >= 11 is 0. The Morgan fingerprint density at radius 2 is 1.87 bits per heavy atom. The molecule has 0 bridgehead atoms. The molecule has 1 aliphatic heterocycles. The highest BCUT2D eigenvalue weighted by atomic mass is 16.5. The minimum atomic E-state index is -0.323. The zero-order valence-corrected chi connectivity index (χ0v) is 17.8. The Morgan fingerprint density at radius 3 is 2.57 bits per heavy atom. The molecule has 0 unspecified atom stereocenters. The number of benzene rings is 1. The molecular weight excluding hydrogens is 378 g/mol. The highest BCUT2D eigenvalue weighted by Gasteiger charge is 2.21. The number of fused-ring (bicyclic) bond motifs is 1. The molecule has 2 aromatic heterocycles. The van der Waals surface area contributed by atoms with Gasteiger partial charge in [0.1, 0.15) is 5.82 Å². The molecule has 1 aliphatic rings. The number of hydrogen-bond donors (Lipinski definition) is 0. The number of aryl methyl sites for hydroxylation is 1. The summed E-state index contributed by atoms with van der Waals surface area (Å²) in [7, 11) is 0. The van der Waals surface area contributed by atoms with E-state index in [9.17, 15) is 4.79 Å². The lowest BCUT2D eigenvalue weighted by Gasteiger charge is -2.35. The van der Waals surface area contributed by atoms with Gasteiger partial charge in [-0.2, -0.15) is 5.10 Å². The van der Waals surface area contributed by atoms with Gasteiger partial charge in [0.05, 0.1) is 23.4 Å². The second-order valence-electron chi connectivity index (χ2n) is 7.58. The molecule has 0 radical (unpaired) electrons. The Balaban J connectivity index is 1.38. The summed E-state index contributed by atoms with van der Waals surface area (Å²) in [6, 6.07) is 12.2. The van der Waals surface area contributed by atoms with Crippen molar-refractivity contribution in [1.82, 2.24) is 19.7 Å². The monoisotopic (exact) mass is 407 g/mol. The molecule has 158 valence electrons. The van der Waals surface area contributed by atoms with Crippen LogP contribution in [-0.2, 0) is 17.8 Å². The van der Waals surface area contributed by atoms with E-state index in [2.05, 4.69) is 50.7 Å². The first-order valence-electron chi connectivity index (χ1n) is 10.7. The molecule has 0 amide bonds. The first-order valence-corrected chi connectivity index (χ1v) is 10.7. The molecular formula is C23H29N5O2. The number of rotatable bonds is 7. The average molecular weight is 408 g/mol. The fourth-order valence-electron chi connectivity index (χ4n) is 3.95. The number of anilines is 1. The SMILES string of the molecule is CCCn1nc(CN2CCN(c3ccc(C(=O)OCC)cn3)CC2)c2ccccc21. The molecule has 7 nitrogen and oxygen atoms in total. The third-order valence-corrected chi connectivity index (χ3v) is 5.50. The van der Waals surface area contributed by atoms with Gasteiger partial charge < -0.3 is 9.64 Å². The van der Waals surface area contributed by atoms with Gasteiger partial charge in [0.25, 0.3) is 0 Å². The molecule has 0 spiro atoms. The number of ether oxygens (including phenoxy) is 1. The van der Waals surface area contributed by atoms with Crippen molar-refractivity contribution in [3.05, 3.63) is 53.9 Å². The molecule has 0 saturated carbocycles. The third kappa shape index (κ3) is 4.31. The predicted molar refractivity (Wildman–Crippen MR) is 118 cm³/mol. The largest absolute Gasteiger partial charge is 0.462 e. The van der Waals surface area contributed by atoms with Gasteiger partial charge in [0.2, 0.25) is 0 Å². The molecule has 7 heteroatoms. The summed E-state index contributed by atoms with van der Waals surface area (Å²) in [6.45, 7) is 9.88. The van der Waals surface area contributed by atoms with Crippen molar-refractivity contribution in [1.29, 1.82) is 0 Å². The standard InChI is InChI=1S/C23H29N5O2/c1-3-11-28-21-8-6-5-7-19(21)20(25-28)17-26-12-14-27(15-13-26)22-10-9-18(16-24-22)23(29)30-4-2/h5-10,16H,3-4,11-15,17H2,1-2H3. The highest BCUT2D eigenvalue weighted by Crippen LogP contribution is 2.21. The van der Waals surface area contributed by atoms with E-state index >= 15 is 0 Å². The van der Waals surface area contributed by atoms with E-state index in [1.54, 1.807) is 19.2 Å². The average Bonchev–Trinajstić information content (AvgIpc) is 3.12. The van der Waals surface area contributed by atoms with Crippen LogP contribution >= 0.6 is 0 Å². The third-order valence-electron chi connectivity index (χ3n) is 5.50. The van der Waals surface area contributed by atoms with Crippen LogP contribution in [0.1, 0.15) is 36.3 Å². The van der Waals surface area contributed by atoms with Gasteiger partial charge in [0.15, 0.2) is 0 Å². The smallest absolute Gasteiger partial charge is 0.339 e. The van der Waals surface area contributed by atoms with Crippen LogP contribution in [0, 0.1) is 0 Å². The predicted octanol–water partition coefficient (Wildman–Crippen LogP) is 3.34. The van der Waals surface area contributed by atoms with Crippen LogP contribution in [0.15, 0.2) is 42.6 Å². The zero-order chi connectivity index (χ0) is 20.9. The van der Waals surface area contributed by atoms with Crippen LogP contribution in [0.2, 0.25) is 0 Å². The van der Waals surface area contributed by atoms with Crippen LogP contribution in [0.3, 0.4) is 0 Å². The molecule has 0 N–H and O–H groups in total. The minimum Gasteiger partial charge on any atom is -0.462 e. The molecule has 4 rings (SSSR count). The molecule has 1 fully saturated rings. The van der Waals surface area contributed by atoms with E-state index in [1.807, 2.05) is 6.07 Å². The zero-order valence-electron chi connectivity index (χ0n) is 17.8. The van der Waals surface area contributed by atoms with Crippen molar-refractivity contribution in [2.24, 2.45) is 0 Å². The number of aromatic nitrogens is 3. The maximum Gasteiger partial charge on any atom is 0.339 e. The van der Waals surface area contributed by atoms with Crippen LogP contribution < -0.4 is 4.90 Å². The number of pyridine rings is 1. The molecule has 0 atom stereocenters. The summed E-state index contributed by atoms with van der Waals surface area (Å²) in [6.07, 6.45) is 2.68. The summed E-state index contributed by atoms with van der Waals surface area (Å²) in [5.41, 5.74) is 2.87. The van der Waals surface area contributed by atoms with Gasteiger partial charge in [0, 0.05) is 50.9 Å². The Kier molecular flexibility index (Phi) is 6.28. The maximum absolute atomic E-state index is 11.8. The quantitative estimate of drug-likeness (QED) is 0.560. The second-order valence-corrected chi connectivity index (χ2v) is 7.58. The fourth-order valence-corrected chi connectivity index (χ4v) is 3.95. The van der Waals surface area contributed by atoms with Gasteiger partial charge in [-0.25, -0.2) is 9.78 Å². The number of para-hydroxylation sites is 1. The number of carbonyl (C=O) groups is 1. The second kappa shape index (κ2) is 9.26. The molecule has 1 saturated heterocycles. The Labute approximate surface area is 177 Å². The first kappa shape index (κ1) is 20.3. The van der Waals surface area contributed by atoms with Gasteiger partial charge in [-0.05, 0) is 31.5 Å². The first-order chi connectivity index (χ1) is 14.7. The van der Waals surface area contributed by atoms with Crippen molar-refractivity contribution >= 4 is 22.7 Å². The summed E-state index contributed by atoms with van der Waals surface area (Å²) in [4.78, 5) is 21.0. The summed E-state index contributed by atoms with van der Waals surface area (Å²) in [5, 5.41) is 6.15. The van der Waals surface area contributed by atoms with Crippen LogP contribution in [0.25, 0.3) is 10.9 Å². The van der Waals surface area contributed by atoms with Crippen LogP contribution in [-0.4, -0.2) is 58.4 Å². The van der Waals surface area contributed by atoms with E-state index < -0.39 is 0 Å². The molecule has 30 heavy (non-hydrogen) atoms. The number of esters is 1. The van der Waals surface area contributed by atoms with E-state index in [0.29, 0.717) is 12.2 Å². The topological polar surface area (TPSA) is 63.5 Å². The molecule has 0 aliphatic carbocycles. The van der Waals surface area contributed by atoms with E-state index in [-0.39, 0.29) is 5.97 Å². The van der Waals surface area contributed by atoms with E-state index in [0.717, 1.165) is 57.2 Å². The van der Waals surface area contributed by atoms with Crippen LogP contribution in [0.5, 0.6) is 0 Å². The molecule has 3 heterocycles. The Morgan fingerprint density at radius 1 is 1.07 bits per heavy atom. The number of nitrogens with zero attached hydrogens (tertiary/aromatic N) is 5. The fraction of sp³-hybridized carbons (Fsp3) is 0.435. The number of hydrogen-bond acceptors (Lipinski definition) is 6. The van der Waals surface area contributed by atoms with Crippen molar-refractivity contribution in [2.75, 3.05) is 37.7 Å². The van der Waals surface area contributed by atoms with Gasteiger partial charge >= 0.3 is 5.97 Å². The number of carbonyl (C=O) groups excluding carboxylic acids is 1. The summed E-state index contributed by atoms with van der Waals surface area (Å²) in [5.74, 6) is 0.580. The van der Waals surface area contributed by atoms with Gasteiger partial charge in [-0.15, -0.1) is 0 Å². The lowest BCUT2D eigenvalue weighted by molar-refractivity contribution is 0.0526. The lowest BCUT2D eigenvalue weighted by atomic mass is 10.2. The van der Waals surface area contributed by atoms with E-state index in [1.165, 1.54) is 10.9 Å². The van der Waals surface area contributed by atoms with Crippen molar-refractivity contribution in [3.63, 3.8) is 0 Å². The normalized spacial score (nSPS) is 14.9. The van der Waals surface area contributed by atoms with E-state index in [4.69, 9.17) is 9.84 Å². The number of piperazine rings is 1. The summed E-state index contributed by atoms with van der Waals surface area (Å²) < 4.78 is 7.16. The van der Waals surface area contributed by atoms with Crippen molar-refractivity contribution < 1.29 is 9.53 Å². The van der Waals surface area contributed by atoms with Crippen molar-refractivity contribution in [2.45, 2.75) is 33.4 Å². The Hall–Kier alpha value is -2.93. The Bertz CT molecular complexity index is 991. The maximum atomic E-state index is 11.8. The van der Waals surface area contributed by atoms with Crippen molar-refractivity contribution in [3.8, 4) is 0 Å². The van der Waals surface area contributed by atoms with Crippen LogP contribution in [0.4, 0.5) is 5.82 Å². The molecule has 1 aromatic carbocycles. The molecule has 3 aromatic rings. The minimum absolute atomic E-state index is 0.323. The van der Waals surface area contributed by atoms with Gasteiger partial charge in [-0.1, -0.05) is 25.1 Å².